The average Bonchev–Trinajstić information content (AvgIpc) is 2.42. The van der Waals surface area contributed by atoms with Crippen LogP contribution in [-0.2, 0) is 6.42 Å². The number of carbonyl (C=O) groups is 1. The molecule has 98 valence electrons. The Balaban J connectivity index is 1.93. The van der Waals surface area contributed by atoms with E-state index in [4.69, 9.17) is 0 Å². The largest absolute Gasteiger partial charge is 0.352 e. The van der Waals surface area contributed by atoms with Crippen molar-refractivity contribution in [2.45, 2.75) is 11.3 Å². The van der Waals surface area contributed by atoms with Crippen LogP contribution >= 0.6 is 28.6 Å². The second kappa shape index (κ2) is 6.73. The highest BCUT2D eigenvalue weighted by Crippen LogP contribution is 2.20. The van der Waals surface area contributed by atoms with E-state index in [1.807, 2.05) is 24.3 Å². The Labute approximate surface area is 126 Å². The third-order valence-electron chi connectivity index (χ3n) is 2.64. The lowest BCUT2D eigenvalue weighted by Gasteiger charge is -2.07. The molecule has 0 aliphatic carbocycles. The maximum absolute atomic E-state index is 12.0. The molecule has 1 N–H and O–H groups in total. The second-order valence-corrected chi connectivity index (χ2v) is 5.40. The number of rotatable bonds is 4. The first-order valence-electron chi connectivity index (χ1n) is 5.82. The van der Waals surface area contributed by atoms with Crippen LogP contribution in [0.25, 0.3) is 0 Å². The van der Waals surface area contributed by atoms with Crippen LogP contribution in [-0.4, -0.2) is 17.4 Å². The van der Waals surface area contributed by atoms with Gasteiger partial charge in [0.2, 0.25) is 0 Å². The fourth-order valence-corrected chi connectivity index (χ4v) is 2.28. The van der Waals surface area contributed by atoms with Gasteiger partial charge in [-0.3, -0.25) is 9.78 Å². The quantitative estimate of drug-likeness (QED) is 0.842. The molecule has 0 unspecified atom stereocenters. The lowest BCUT2D eigenvalue weighted by molar-refractivity contribution is 0.0953. The van der Waals surface area contributed by atoms with E-state index in [1.165, 1.54) is 0 Å². The fourth-order valence-electron chi connectivity index (χ4n) is 1.65. The van der Waals surface area contributed by atoms with Crippen molar-refractivity contribution in [3.63, 3.8) is 0 Å². The molecular weight excluding hydrogens is 324 g/mol. The minimum absolute atomic E-state index is 0.100. The number of pyridine rings is 1. The van der Waals surface area contributed by atoms with Gasteiger partial charge < -0.3 is 5.32 Å². The molecule has 0 bridgehead atoms. The zero-order valence-electron chi connectivity index (χ0n) is 10.1. The predicted molar refractivity (Wildman–Crippen MR) is 81.7 cm³/mol. The van der Waals surface area contributed by atoms with Gasteiger partial charge >= 0.3 is 0 Å². The smallest absolute Gasteiger partial charge is 0.252 e. The lowest BCUT2D eigenvalue weighted by atomic mass is 10.2. The molecule has 2 rings (SSSR count). The third-order valence-corrected chi connectivity index (χ3v) is 3.61. The van der Waals surface area contributed by atoms with Gasteiger partial charge in [0.25, 0.3) is 5.91 Å². The van der Waals surface area contributed by atoms with Crippen molar-refractivity contribution >= 4 is 34.5 Å². The van der Waals surface area contributed by atoms with Gasteiger partial charge in [0.05, 0.1) is 5.56 Å². The normalized spacial score (nSPS) is 10.2. The summed E-state index contributed by atoms with van der Waals surface area (Å²) >= 11 is 7.60. The zero-order valence-corrected chi connectivity index (χ0v) is 12.6. The molecule has 0 atom stereocenters. The topological polar surface area (TPSA) is 42.0 Å². The highest BCUT2D eigenvalue weighted by molar-refractivity contribution is 9.10. The van der Waals surface area contributed by atoms with Crippen molar-refractivity contribution in [2.24, 2.45) is 0 Å². The molecule has 1 amide bonds. The molecule has 1 heterocycles. The van der Waals surface area contributed by atoms with Crippen LogP contribution in [0.4, 0.5) is 0 Å². The van der Waals surface area contributed by atoms with Crippen molar-refractivity contribution < 1.29 is 4.79 Å². The van der Waals surface area contributed by atoms with Crippen LogP contribution in [0.3, 0.4) is 0 Å². The van der Waals surface area contributed by atoms with E-state index in [9.17, 15) is 4.79 Å². The number of amides is 1. The number of nitrogens with one attached hydrogen (secondary N) is 1. The summed E-state index contributed by atoms with van der Waals surface area (Å²) in [5, 5.41) is 2.89. The number of halogens is 1. The Morgan fingerprint density at radius 3 is 2.74 bits per heavy atom. The van der Waals surface area contributed by atoms with Crippen LogP contribution in [0.15, 0.2) is 52.1 Å². The molecule has 19 heavy (non-hydrogen) atoms. The molecule has 5 heteroatoms. The summed E-state index contributed by atoms with van der Waals surface area (Å²) in [4.78, 5) is 16.7. The Morgan fingerprint density at radius 2 is 2.00 bits per heavy atom. The van der Waals surface area contributed by atoms with E-state index in [2.05, 4.69) is 38.9 Å². The number of aromatic nitrogens is 1. The first-order chi connectivity index (χ1) is 9.16. The van der Waals surface area contributed by atoms with Crippen molar-refractivity contribution in [1.29, 1.82) is 0 Å². The van der Waals surface area contributed by atoms with Gasteiger partial charge in [-0.1, -0.05) is 0 Å². The van der Waals surface area contributed by atoms with E-state index in [0.717, 1.165) is 21.4 Å². The van der Waals surface area contributed by atoms with Crippen molar-refractivity contribution in [1.82, 2.24) is 10.3 Å². The molecule has 2 aromatic rings. The third kappa shape index (κ3) is 4.08. The first kappa shape index (κ1) is 14.1. The van der Waals surface area contributed by atoms with E-state index in [1.54, 1.807) is 18.5 Å². The number of hydrogen-bond acceptors (Lipinski definition) is 3. The van der Waals surface area contributed by atoms with Gasteiger partial charge in [0.1, 0.15) is 0 Å². The predicted octanol–water partition coefficient (Wildman–Crippen LogP) is 3.11. The molecule has 0 aliphatic heterocycles. The van der Waals surface area contributed by atoms with Crippen molar-refractivity contribution in [3.05, 3.63) is 58.3 Å². The molecule has 1 aromatic carbocycles. The second-order valence-electron chi connectivity index (χ2n) is 4.03. The van der Waals surface area contributed by atoms with Gasteiger partial charge in [-0.15, -0.1) is 12.6 Å². The van der Waals surface area contributed by atoms with E-state index < -0.39 is 0 Å². The van der Waals surface area contributed by atoms with Crippen LogP contribution in [0.5, 0.6) is 0 Å². The van der Waals surface area contributed by atoms with Crippen LogP contribution in [0, 0.1) is 0 Å². The van der Waals surface area contributed by atoms with E-state index in [0.29, 0.717) is 12.1 Å². The van der Waals surface area contributed by atoms with Crippen molar-refractivity contribution in [3.8, 4) is 0 Å². The Kier molecular flexibility index (Phi) is 4.99. The highest BCUT2D eigenvalue weighted by Gasteiger charge is 2.09. The number of thiol groups is 1. The summed E-state index contributed by atoms with van der Waals surface area (Å²) in [5.74, 6) is -0.100. The molecule has 0 saturated heterocycles. The molecule has 0 saturated carbocycles. The minimum Gasteiger partial charge on any atom is -0.352 e. The van der Waals surface area contributed by atoms with Gasteiger partial charge in [-0.2, -0.15) is 0 Å². The van der Waals surface area contributed by atoms with Crippen LogP contribution in [0.1, 0.15) is 15.9 Å². The average molecular weight is 337 g/mol. The summed E-state index contributed by atoms with van der Waals surface area (Å²) in [6.07, 6.45) is 4.28. The number of benzene rings is 1. The maximum atomic E-state index is 12.0. The monoisotopic (exact) mass is 336 g/mol. The molecular formula is C14H13BrN2OS. The fraction of sp³-hybridized carbons (Fsp3) is 0.143. The Hall–Kier alpha value is -1.33. The number of nitrogens with zero attached hydrogens (tertiary/aromatic N) is 1. The van der Waals surface area contributed by atoms with Gasteiger partial charge in [-0.25, -0.2) is 0 Å². The van der Waals surface area contributed by atoms with E-state index >= 15 is 0 Å². The maximum Gasteiger partial charge on any atom is 0.252 e. The molecule has 0 fully saturated rings. The Morgan fingerprint density at radius 1 is 1.26 bits per heavy atom. The summed E-state index contributed by atoms with van der Waals surface area (Å²) < 4.78 is 0.770. The highest BCUT2D eigenvalue weighted by atomic mass is 79.9. The lowest BCUT2D eigenvalue weighted by Crippen LogP contribution is -2.26. The SMILES string of the molecule is O=C(NCCc1ccncc1)c1cc(S)ccc1Br. The minimum atomic E-state index is -0.100. The van der Waals surface area contributed by atoms with Gasteiger partial charge in [-0.05, 0) is 58.2 Å². The zero-order chi connectivity index (χ0) is 13.7. The summed E-state index contributed by atoms with van der Waals surface area (Å²) in [6, 6.07) is 9.28. The standard InChI is InChI=1S/C14H13BrN2OS/c15-13-2-1-11(19)9-12(13)14(18)17-8-5-10-3-6-16-7-4-10/h1-4,6-7,9,19H,5,8H2,(H,17,18). The van der Waals surface area contributed by atoms with Gasteiger partial charge in [0.15, 0.2) is 0 Å². The first-order valence-corrected chi connectivity index (χ1v) is 7.06. The van der Waals surface area contributed by atoms with Crippen LogP contribution in [0.2, 0.25) is 0 Å². The van der Waals surface area contributed by atoms with Gasteiger partial charge in [0, 0.05) is 28.3 Å². The van der Waals surface area contributed by atoms with Crippen LogP contribution < -0.4 is 5.32 Å². The van der Waals surface area contributed by atoms with Crippen molar-refractivity contribution in [2.75, 3.05) is 6.54 Å². The molecule has 0 aliphatic rings. The molecule has 1 aromatic heterocycles. The number of hydrogen-bond donors (Lipinski definition) is 2. The number of carbonyl (C=O) groups excluding carboxylic acids is 1. The summed E-state index contributed by atoms with van der Waals surface area (Å²) in [6.45, 7) is 0.589. The Bertz CT molecular complexity index is 575. The summed E-state index contributed by atoms with van der Waals surface area (Å²) in [7, 11) is 0. The molecule has 0 spiro atoms. The summed E-state index contributed by atoms with van der Waals surface area (Å²) in [5.41, 5.74) is 1.75. The molecule has 0 radical (unpaired) electrons. The van der Waals surface area contributed by atoms with E-state index in [-0.39, 0.29) is 5.91 Å². The molecule has 3 nitrogen and oxygen atoms in total.